The largest absolute Gasteiger partial charge is 0.411 e. The second kappa shape index (κ2) is 10.3. The molecule has 4 heteroatoms. The van der Waals surface area contributed by atoms with E-state index in [1.165, 1.54) is 11.8 Å². The first kappa shape index (κ1) is 15.4. The van der Waals surface area contributed by atoms with E-state index in [0.717, 1.165) is 6.42 Å². The Morgan fingerprint density at radius 3 is 2.74 bits per heavy atom. The normalized spacial score (nSPS) is 13.3. The van der Waals surface area contributed by atoms with E-state index in [1.807, 2.05) is 49.4 Å². The number of hydrogen-bond donors (Lipinski definition) is 1. The summed E-state index contributed by atoms with van der Waals surface area (Å²) in [5.74, 6) is 0. The third-order valence-electron chi connectivity index (χ3n) is 2.50. The van der Waals surface area contributed by atoms with Crippen LogP contribution in [0.25, 0.3) is 0 Å². The minimum atomic E-state index is 0.100. The molecule has 0 aliphatic rings. The van der Waals surface area contributed by atoms with Crippen molar-refractivity contribution < 1.29 is 14.7 Å². The van der Waals surface area contributed by atoms with Crippen molar-refractivity contribution in [2.24, 2.45) is 5.16 Å². The molecule has 0 unspecified atom stereocenters. The van der Waals surface area contributed by atoms with Gasteiger partial charge in [0.1, 0.15) is 0 Å². The Hall–Kier alpha value is -1.65. The molecule has 0 saturated heterocycles. The summed E-state index contributed by atoms with van der Waals surface area (Å²) in [5.41, 5.74) is 1.18. The summed E-state index contributed by atoms with van der Waals surface area (Å²) in [6, 6.07) is 10.1. The molecule has 1 aromatic rings. The maximum Gasteiger partial charge on any atom is 0.0855 e. The van der Waals surface area contributed by atoms with Crippen LogP contribution in [0.2, 0.25) is 0 Å². The van der Waals surface area contributed by atoms with Gasteiger partial charge in [-0.15, -0.1) is 0 Å². The molecule has 1 N–H and O–H groups in total. The van der Waals surface area contributed by atoms with E-state index in [2.05, 4.69) is 5.16 Å². The number of oxime groups is 1. The van der Waals surface area contributed by atoms with E-state index in [4.69, 9.17) is 14.7 Å². The van der Waals surface area contributed by atoms with Gasteiger partial charge in [-0.3, -0.25) is 0 Å². The Labute approximate surface area is 114 Å². The van der Waals surface area contributed by atoms with Crippen molar-refractivity contribution in [3.8, 4) is 0 Å². The molecular formula is C15H21NO3. The first-order valence-electron chi connectivity index (χ1n) is 6.37. The van der Waals surface area contributed by atoms with Crippen molar-refractivity contribution in [2.75, 3.05) is 13.2 Å². The molecule has 4 nitrogen and oxygen atoms in total. The van der Waals surface area contributed by atoms with Gasteiger partial charge in [0.2, 0.25) is 0 Å². The first-order chi connectivity index (χ1) is 9.33. The predicted molar refractivity (Wildman–Crippen MR) is 75.5 cm³/mol. The van der Waals surface area contributed by atoms with Crippen LogP contribution in [0.1, 0.15) is 18.9 Å². The topological polar surface area (TPSA) is 51.0 Å². The highest BCUT2D eigenvalue weighted by Gasteiger charge is 1.97. The van der Waals surface area contributed by atoms with E-state index in [-0.39, 0.29) is 6.10 Å². The van der Waals surface area contributed by atoms with Crippen LogP contribution < -0.4 is 0 Å². The van der Waals surface area contributed by atoms with Crippen molar-refractivity contribution >= 4 is 6.21 Å². The summed E-state index contributed by atoms with van der Waals surface area (Å²) in [7, 11) is 0. The summed E-state index contributed by atoms with van der Waals surface area (Å²) in [6.07, 6.45) is 6.26. The lowest BCUT2D eigenvalue weighted by molar-refractivity contribution is 0.0986. The highest BCUT2D eigenvalue weighted by molar-refractivity contribution is 5.57. The Kier molecular flexibility index (Phi) is 8.34. The highest BCUT2D eigenvalue weighted by Crippen LogP contribution is 2.01. The molecule has 1 atom stereocenters. The number of hydrogen-bond acceptors (Lipinski definition) is 4. The molecule has 19 heavy (non-hydrogen) atoms. The van der Waals surface area contributed by atoms with Crippen molar-refractivity contribution in [1.29, 1.82) is 0 Å². The molecule has 0 amide bonds. The van der Waals surface area contributed by atoms with Crippen LogP contribution >= 0.6 is 0 Å². The molecule has 0 aliphatic heterocycles. The maximum absolute atomic E-state index is 8.21. The lowest BCUT2D eigenvalue weighted by Crippen LogP contribution is -2.08. The minimum Gasteiger partial charge on any atom is -0.411 e. The monoisotopic (exact) mass is 263 g/mol. The average molecular weight is 263 g/mol. The van der Waals surface area contributed by atoms with Gasteiger partial charge in [0.05, 0.1) is 32.1 Å². The van der Waals surface area contributed by atoms with Crippen LogP contribution in [0.5, 0.6) is 0 Å². The molecule has 0 saturated carbocycles. The molecule has 0 heterocycles. The summed E-state index contributed by atoms with van der Waals surface area (Å²) < 4.78 is 10.9. The number of benzene rings is 1. The van der Waals surface area contributed by atoms with Crippen LogP contribution in [0.3, 0.4) is 0 Å². The van der Waals surface area contributed by atoms with E-state index >= 15 is 0 Å². The standard InChI is InChI=1S/C15H21NO3/c1-14(19-12-10-16-17)7-5-6-11-18-13-15-8-3-2-4-9-15/h2-6,8-10,14,17H,7,11-13H2,1H3/b6-5-,16-10-/t14-/m0/s1. The molecule has 0 aliphatic carbocycles. The zero-order chi connectivity index (χ0) is 13.8. The minimum absolute atomic E-state index is 0.100. The maximum atomic E-state index is 8.21. The SMILES string of the molecule is C[C@@H](C/C=C\COCc1ccccc1)OC/C=N\O. The van der Waals surface area contributed by atoms with Gasteiger partial charge in [0, 0.05) is 0 Å². The quantitative estimate of drug-likeness (QED) is 0.245. The van der Waals surface area contributed by atoms with Crippen LogP contribution in [-0.4, -0.2) is 30.7 Å². The van der Waals surface area contributed by atoms with Gasteiger partial charge in [-0.2, -0.15) is 0 Å². The van der Waals surface area contributed by atoms with Crippen molar-refractivity contribution in [1.82, 2.24) is 0 Å². The van der Waals surface area contributed by atoms with E-state index in [9.17, 15) is 0 Å². The van der Waals surface area contributed by atoms with Crippen LogP contribution in [0, 0.1) is 0 Å². The Morgan fingerprint density at radius 1 is 1.21 bits per heavy atom. The predicted octanol–water partition coefficient (Wildman–Crippen LogP) is 3.01. The van der Waals surface area contributed by atoms with Gasteiger partial charge in [0.15, 0.2) is 0 Å². The lowest BCUT2D eigenvalue weighted by Gasteiger charge is -2.07. The number of rotatable bonds is 9. The average Bonchev–Trinajstić information content (AvgIpc) is 2.44. The van der Waals surface area contributed by atoms with E-state index in [1.54, 1.807) is 0 Å². The molecular weight excluding hydrogens is 242 g/mol. The molecule has 104 valence electrons. The van der Waals surface area contributed by atoms with Gasteiger partial charge >= 0.3 is 0 Å². The molecule has 0 bridgehead atoms. The molecule has 0 spiro atoms. The van der Waals surface area contributed by atoms with Crippen molar-refractivity contribution in [3.63, 3.8) is 0 Å². The Morgan fingerprint density at radius 2 is 2.00 bits per heavy atom. The van der Waals surface area contributed by atoms with Gasteiger partial charge < -0.3 is 14.7 Å². The Bertz CT molecular complexity index is 376. The zero-order valence-corrected chi connectivity index (χ0v) is 11.2. The van der Waals surface area contributed by atoms with Crippen LogP contribution in [0.15, 0.2) is 47.6 Å². The third kappa shape index (κ3) is 8.13. The molecule has 0 fully saturated rings. The second-order valence-electron chi connectivity index (χ2n) is 4.15. The number of ether oxygens (including phenoxy) is 2. The third-order valence-corrected chi connectivity index (χ3v) is 2.50. The highest BCUT2D eigenvalue weighted by atomic mass is 16.5. The molecule has 0 aromatic heterocycles. The second-order valence-corrected chi connectivity index (χ2v) is 4.15. The van der Waals surface area contributed by atoms with Gasteiger partial charge in [0.25, 0.3) is 0 Å². The lowest BCUT2D eigenvalue weighted by atomic mass is 10.2. The molecule has 1 aromatic carbocycles. The summed E-state index contributed by atoms with van der Waals surface area (Å²) in [6.45, 7) is 3.53. The number of nitrogens with zero attached hydrogens (tertiary/aromatic N) is 1. The van der Waals surface area contributed by atoms with Gasteiger partial charge in [-0.25, -0.2) is 0 Å². The van der Waals surface area contributed by atoms with Crippen molar-refractivity contribution in [2.45, 2.75) is 26.1 Å². The Balaban J connectivity index is 2.04. The van der Waals surface area contributed by atoms with Crippen LogP contribution in [-0.2, 0) is 16.1 Å². The fourth-order valence-electron chi connectivity index (χ4n) is 1.48. The van der Waals surface area contributed by atoms with Crippen LogP contribution in [0.4, 0.5) is 0 Å². The molecule has 1 rings (SSSR count). The zero-order valence-electron chi connectivity index (χ0n) is 11.2. The smallest absolute Gasteiger partial charge is 0.0855 e. The van der Waals surface area contributed by atoms with E-state index < -0.39 is 0 Å². The summed E-state index contributed by atoms with van der Waals surface area (Å²) in [4.78, 5) is 0. The van der Waals surface area contributed by atoms with E-state index in [0.29, 0.717) is 19.8 Å². The first-order valence-corrected chi connectivity index (χ1v) is 6.37. The molecule has 0 radical (unpaired) electrons. The summed E-state index contributed by atoms with van der Waals surface area (Å²) >= 11 is 0. The fraction of sp³-hybridized carbons (Fsp3) is 0.400. The van der Waals surface area contributed by atoms with Crippen molar-refractivity contribution in [3.05, 3.63) is 48.0 Å². The van der Waals surface area contributed by atoms with Gasteiger partial charge in [-0.05, 0) is 18.9 Å². The summed E-state index contributed by atoms with van der Waals surface area (Å²) in [5, 5.41) is 11.1. The van der Waals surface area contributed by atoms with Gasteiger partial charge in [-0.1, -0.05) is 47.6 Å². The fourth-order valence-corrected chi connectivity index (χ4v) is 1.48.